The van der Waals surface area contributed by atoms with Crippen LogP contribution in [0.5, 0.6) is 0 Å². The number of nitrogens with one attached hydrogen (secondary N) is 1. The van der Waals surface area contributed by atoms with Gasteiger partial charge in [-0.25, -0.2) is 14.5 Å². The molecular weight excluding hydrogens is 507 g/mol. The second kappa shape index (κ2) is 11.9. The number of piperazine rings is 1. The third-order valence-corrected chi connectivity index (χ3v) is 5.27. The Hall–Kier alpha value is -2.30. The predicted molar refractivity (Wildman–Crippen MR) is 133 cm³/mol. The van der Waals surface area contributed by atoms with Crippen LogP contribution < -0.4 is 5.32 Å². The molecule has 1 amide bonds. The van der Waals surface area contributed by atoms with E-state index in [1.165, 1.54) is 0 Å². The highest BCUT2D eigenvalue weighted by Gasteiger charge is 2.24. The third kappa shape index (κ3) is 6.11. The van der Waals surface area contributed by atoms with E-state index in [4.69, 9.17) is 14.8 Å². The minimum Gasteiger partial charge on any atom is -0.450 e. The van der Waals surface area contributed by atoms with Gasteiger partial charge in [0, 0.05) is 44.0 Å². The zero-order valence-corrected chi connectivity index (χ0v) is 21.1. The van der Waals surface area contributed by atoms with Crippen LogP contribution in [0.2, 0.25) is 0 Å². The predicted octanol–water partition coefficient (Wildman–Crippen LogP) is 3.35. The zero-order valence-electron chi connectivity index (χ0n) is 18.8. The molecule has 0 unspecified atom stereocenters. The second-order valence-corrected chi connectivity index (χ2v) is 7.24. The number of para-hydroxylation sites is 1. The summed E-state index contributed by atoms with van der Waals surface area (Å²) >= 11 is 0. The first-order chi connectivity index (χ1) is 14.5. The molecule has 2 heterocycles. The summed E-state index contributed by atoms with van der Waals surface area (Å²) in [6.45, 7) is 12.5. The van der Waals surface area contributed by atoms with Gasteiger partial charge in [0.05, 0.1) is 24.5 Å². The first-order valence-corrected chi connectivity index (χ1v) is 10.6. The SMILES string of the molecule is CCNC(=NCc1c(C)nn(-c2ccccc2)c1C)N1CCN(C(=O)OCC)CC1.I. The monoisotopic (exact) mass is 540 g/mol. The Balaban J connectivity index is 0.00000341. The van der Waals surface area contributed by atoms with E-state index in [2.05, 4.69) is 36.2 Å². The van der Waals surface area contributed by atoms with E-state index in [9.17, 15) is 4.79 Å². The normalized spacial score (nSPS) is 14.3. The van der Waals surface area contributed by atoms with E-state index in [1.54, 1.807) is 4.90 Å². The van der Waals surface area contributed by atoms with Crippen LogP contribution in [0, 0.1) is 13.8 Å². The Bertz CT molecular complexity index is 876. The highest BCUT2D eigenvalue weighted by molar-refractivity contribution is 14.0. The van der Waals surface area contributed by atoms with Crippen molar-refractivity contribution >= 4 is 36.0 Å². The van der Waals surface area contributed by atoms with Crippen molar-refractivity contribution in [2.24, 2.45) is 4.99 Å². The highest BCUT2D eigenvalue weighted by atomic mass is 127. The number of benzene rings is 1. The van der Waals surface area contributed by atoms with Crippen molar-refractivity contribution < 1.29 is 9.53 Å². The van der Waals surface area contributed by atoms with E-state index in [-0.39, 0.29) is 30.1 Å². The van der Waals surface area contributed by atoms with Crippen molar-refractivity contribution in [3.63, 3.8) is 0 Å². The van der Waals surface area contributed by atoms with Gasteiger partial charge in [0.2, 0.25) is 0 Å². The van der Waals surface area contributed by atoms with Crippen LogP contribution >= 0.6 is 24.0 Å². The largest absolute Gasteiger partial charge is 0.450 e. The summed E-state index contributed by atoms with van der Waals surface area (Å²) in [4.78, 5) is 20.8. The lowest BCUT2D eigenvalue weighted by Crippen LogP contribution is -2.53. The average molecular weight is 540 g/mol. The lowest BCUT2D eigenvalue weighted by Gasteiger charge is -2.35. The molecular formula is C22H33IN6O2. The van der Waals surface area contributed by atoms with Gasteiger partial charge >= 0.3 is 6.09 Å². The number of amides is 1. The van der Waals surface area contributed by atoms with Crippen molar-refractivity contribution in [3.05, 3.63) is 47.3 Å². The van der Waals surface area contributed by atoms with Crippen molar-refractivity contribution in [1.82, 2.24) is 24.9 Å². The van der Waals surface area contributed by atoms with Gasteiger partial charge in [0.15, 0.2) is 5.96 Å². The van der Waals surface area contributed by atoms with Crippen molar-refractivity contribution in [2.75, 3.05) is 39.3 Å². The summed E-state index contributed by atoms with van der Waals surface area (Å²) in [6, 6.07) is 10.1. The number of hydrogen-bond donors (Lipinski definition) is 1. The van der Waals surface area contributed by atoms with Crippen LogP contribution in [0.15, 0.2) is 35.3 Å². The standard InChI is InChI=1S/C22H32N6O2.HI/c1-5-23-21(26-12-14-27(15-13-26)22(29)30-6-2)24-16-20-17(3)25-28(18(20)4)19-10-8-7-9-11-19;/h7-11H,5-6,12-16H2,1-4H3,(H,23,24);1H. The lowest BCUT2D eigenvalue weighted by atomic mass is 10.2. The van der Waals surface area contributed by atoms with Gasteiger partial charge in [0.25, 0.3) is 0 Å². The van der Waals surface area contributed by atoms with Gasteiger partial charge in [-0.1, -0.05) is 18.2 Å². The maximum atomic E-state index is 11.9. The van der Waals surface area contributed by atoms with E-state index < -0.39 is 0 Å². The molecule has 0 bridgehead atoms. The van der Waals surface area contributed by atoms with Gasteiger partial charge in [-0.3, -0.25) is 0 Å². The molecule has 2 aromatic rings. The number of guanidine groups is 1. The lowest BCUT2D eigenvalue weighted by molar-refractivity contribution is 0.0914. The third-order valence-electron chi connectivity index (χ3n) is 5.27. The fourth-order valence-corrected chi connectivity index (χ4v) is 3.62. The average Bonchev–Trinajstić information content (AvgIpc) is 3.05. The molecule has 9 heteroatoms. The number of aliphatic imine (C=N–C) groups is 1. The number of nitrogens with zero attached hydrogens (tertiary/aromatic N) is 5. The summed E-state index contributed by atoms with van der Waals surface area (Å²) < 4.78 is 7.09. The molecule has 0 spiro atoms. The minimum atomic E-state index is -0.237. The number of halogens is 1. The number of ether oxygens (including phenoxy) is 1. The van der Waals surface area contributed by atoms with Crippen LogP contribution in [-0.4, -0.2) is 71.0 Å². The Morgan fingerprint density at radius 1 is 1.10 bits per heavy atom. The number of carbonyl (C=O) groups is 1. The first kappa shape index (κ1) is 25.0. The number of hydrogen-bond acceptors (Lipinski definition) is 4. The smallest absolute Gasteiger partial charge is 0.409 e. The van der Waals surface area contributed by atoms with Crippen molar-refractivity contribution in [1.29, 1.82) is 0 Å². The number of aromatic nitrogens is 2. The number of rotatable bonds is 5. The summed E-state index contributed by atoms with van der Waals surface area (Å²) in [5, 5.41) is 8.10. The summed E-state index contributed by atoms with van der Waals surface area (Å²) in [7, 11) is 0. The van der Waals surface area contributed by atoms with Crippen LogP contribution in [0.3, 0.4) is 0 Å². The summed E-state index contributed by atoms with van der Waals surface area (Å²) in [5.74, 6) is 0.868. The molecule has 1 N–H and O–H groups in total. The molecule has 0 saturated carbocycles. The van der Waals surface area contributed by atoms with Gasteiger partial charge in [-0.15, -0.1) is 24.0 Å². The van der Waals surface area contributed by atoms with E-state index >= 15 is 0 Å². The first-order valence-electron chi connectivity index (χ1n) is 10.6. The Labute approximate surface area is 201 Å². The Morgan fingerprint density at radius 3 is 2.35 bits per heavy atom. The number of carbonyl (C=O) groups excluding carboxylic acids is 1. The Kier molecular flexibility index (Phi) is 9.60. The number of aryl methyl sites for hydroxylation is 1. The summed E-state index contributed by atoms with van der Waals surface area (Å²) in [5.41, 5.74) is 4.28. The molecule has 1 saturated heterocycles. The maximum Gasteiger partial charge on any atom is 0.409 e. The highest BCUT2D eigenvalue weighted by Crippen LogP contribution is 2.19. The van der Waals surface area contributed by atoms with Gasteiger partial charge in [-0.2, -0.15) is 5.10 Å². The molecule has 0 aliphatic carbocycles. The minimum absolute atomic E-state index is 0. The van der Waals surface area contributed by atoms with E-state index in [0.29, 0.717) is 26.2 Å². The van der Waals surface area contributed by atoms with Crippen LogP contribution in [0.4, 0.5) is 4.79 Å². The van der Waals surface area contributed by atoms with E-state index in [0.717, 1.165) is 48.2 Å². The quantitative estimate of drug-likeness (QED) is 0.358. The van der Waals surface area contributed by atoms with Crippen LogP contribution in [-0.2, 0) is 11.3 Å². The van der Waals surface area contributed by atoms with Crippen molar-refractivity contribution in [2.45, 2.75) is 34.2 Å². The van der Waals surface area contributed by atoms with E-state index in [1.807, 2.05) is 36.7 Å². The molecule has 3 rings (SSSR count). The molecule has 1 aliphatic heterocycles. The molecule has 0 atom stereocenters. The zero-order chi connectivity index (χ0) is 21.5. The molecule has 1 aromatic carbocycles. The van der Waals surface area contributed by atoms with Gasteiger partial charge < -0.3 is 19.9 Å². The fraction of sp³-hybridized carbons (Fsp3) is 0.500. The molecule has 1 fully saturated rings. The van der Waals surface area contributed by atoms with Gasteiger partial charge in [0.1, 0.15) is 0 Å². The van der Waals surface area contributed by atoms with Crippen LogP contribution in [0.25, 0.3) is 5.69 Å². The summed E-state index contributed by atoms with van der Waals surface area (Å²) in [6.07, 6.45) is -0.237. The molecule has 0 radical (unpaired) electrons. The maximum absolute atomic E-state index is 11.9. The topological polar surface area (TPSA) is 75.0 Å². The Morgan fingerprint density at radius 2 is 1.74 bits per heavy atom. The van der Waals surface area contributed by atoms with Gasteiger partial charge in [-0.05, 0) is 39.8 Å². The molecule has 8 nitrogen and oxygen atoms in total. The molecule has 170 valence electrons. The second-order valence-electron chi connectivity index (χ2n) is 7.24. The molecule has 1 aromatic heterocycles. The molecule has 31 heavy (non-hydrogen) atoms. The van der Waals surface area contributed by atoms with Crippen molar-refractivity contribution in [3.8, 4) is 5.69 Å². The van der Waals surface area contributed by atoms with Crippen LogP contribution in [0.1, 0.15) is 30.8 Å². The molecule has 1 aliphatic rings. The fourth-order valence-electron chi connectivity index (χ4n) is 3.62.